The molecule has 0 aliphatic carbocycles. The standard InChI is InChI=1S/C7H10N2O2/c8-4-5-2-1-3-6(9-5)7(10)11/h5-6,9H,1-3H2,(H,10,11). The topological polar surface area (TPSA) is 73.1 Å². The monoisotopic (exact) mass is 154 g/mol. The van der Waals surface area contributed by atoms with Crippen molar-refractivity contribution in [2.45, 2.75) is 31.3 Å². The highest BCUT2D eigenvalue weighted by Crippen LogP contribution is 2.11. The summed E-state index contributed by atoms with van der Waals surface area (Å²) in [7, 11) is 0. The van der Waals surface area contributed by atoms with E-state index >= 15 is 0 Å². The van der Waals surface area contributed by atoms with E-state index in [1.54, 1.807) is 0 Å². The number of carboxylic acid groups (broad SMARTS) is 1. The van der Waals surface area contributed by atoms with Crippen molar-refractivity contribution in [1.29, 1.82) is 5.26 Å². The molecule has 2 N–H and O–H groups in total. The van der Waals surface area contributed by atoms with Crippen molar-refractivity contribution in [3.63, 3.8) is 0 Å². The first-order valence-corrected chi connectivity index (χ1v) is 3.62. The highest BCUT2D eigenvalue weighted by Gasteiger charge is 2.25. The summed E-state index contributed by atoms with van der Waals surface area (Å²) >= 11 is 0. The van der Waals surface area contributed by atoms with Crippen LogP contribution in [0.25, 0.3) is 0 Å². The average molecular weight is 154 g/mol. The zero-order valence-corrected chi connectivity index (χ0v) is 6.08. The van der Waals surface area contributed by atoms with Crippen LogP contribution in [0.3, 0.4) is 0 Å². The van der Waals surface area contributed by atoms with Gasteiger partial charge in [0.2, 0.25) is 0 Å². The number of aliphatic carboxylic acids is 1. The van der Waals surface area contributed by atoms with E-state index in [0.29, 0.717) is 6.42 Å². The predicted molar refractivity (Wildman–Crippen MR) is 37.8 cm³/mol. The fourth-order valence-electron chi connectivity index (χ4n) is 1.23. The molecule has 0 saturated carbocycles. The van der Waals surface area contributed by atoms with Gasteiger partial charge in [0.05, 0.1) is 12.1 Å². The molecule has 0 bridgehead atoms. The van der Waals surface area contributed by atoms with Gasteiger partial charge in [-0.05, 0) is 19.3 Å². The first kappa shape index (κ1) is 8.02. The Labute approximate surface area is 64.8 Å². The second-order valence-electron chi connectivity index (χ2n) is 2.67. The Hall–Kier alpha value is -1.08. The van der Waals surface area contributed by atoms with Crippen LogP contribution in [0.2, 0.25) is 0 Å². The lowest BCUT2D eigenvalue weighted by atomic mass is 10.00. The van der Waals surface area contributed by atoms with Crippen LogP contribution in [0.4, 0.5) is 0 Å². The van der Waals surface area contributed by atoms with E-state index in [4.69, 9.17) is 10.4 Å². The quantitative estimate of drug-likeness (QED) is 0.562. The minimum Gasteiger partial charge on any atom is -0.480 e. The molecule has 4 nitrogen and oxygen atoms in total. The summed E-state index contributed by atoms with van der Waals surface area (Å²) in [6.07, 6.45) is 2.22. The largest absolute Gasteiger partial charge is 0.480 e. The molecule has 1 fully saturated rings. The summed E-state index contributed by atoms with van der Waals surface area (Å²) in [5.74, 6) is -0.857. The normalized spacial score (nSPS) is 30.8. The number of piperidine rings is 1. The van der Waals surface area contributed by atoms with Gasteiger partial charge in [-0.15, -0.1) is 0 Å². The number of carbonyl (C=O) groups is 1. The van der Waals surface area contributed by atoms with Crippen LogP contribution in [-0.2, 0) is 4.79 Å². The number of nitriles is 1. The number of rotatable bonds is 1. The lowest BCUT2D eigenvalue weighted by Gasteiger charge is -2.23. The predicted octanol–water partition coefficient (Wildman–Crippen LogP) is 0.105. The van der Waals surface area contributed by atoms with Crippen LogP contribution >= 0.6 is 0 Å². The van der Waals surface area contributed by atoms with Gasteiger partial charge in [-0.2, -0.15) is 5.26 Å². The maximum atomic E-state index is 10.4. The summed E-state index contributed by atoms with van der Waals surface area (Å²) in [4.78, 5) is 10.4. The van der Waals surface area contributed by atoms with Gasteiger partial charge in [-0.3, -0.25) is 10.1 Å². The molecule has 11 heavy (non-hydrogen) atoms. The van der Waals surface area contributed by atoms with Gasteiger partial charge in [0, 0.05) is 0 Å². The Bertz CT molecular complexity index is 197. The van der Waals surface area contributed by atoms with Gasteiger partial charge in [0.25, 0.3) is 0 Å². The van der Waals surface area contributed by atoms with E-state index < -0.39 is 12.0 Å². The Morgan fingerprint density at radius 1 is 1.64 bits per heavy atom. The highest BCUT2D eigenvalue weighted by atomic mass is 16.4. The highest BCUT2D eigenvalue weighted by molar-refractivity contribution is 5.73. The minimum absolute atomic E-state index is 0.273. The third kappa shape index (κ3) is 1.92. The zero-order chi connectivity index (χ0) is 8.27. The van der Waals surface area contributed by atoms with E-state index in [-0.39, 0.29) is 6.04 Å². The first-order valence-electron chi connectivity index (χ1n) is 3.62. The second kappa shape index (κ2) is 3.35. The van der Waals surface area contributed by atoms with Crippen molar-refractivity contribution >= 4 is 5.97 Å². The van der Waals surface area contributed by atoms with Gasteiger partial charge in [-0.1, -0.05) is 0 Å². The summed E-state index contributed by atoms with van der Waals surface area (Å²) in [5, 5.41) is 19.8. The lowest BCUT2D eigenvalue weighted by molar-refractivity contribution is -0.140. The number of carboxylic acids is 1. The van der Waals surface area contributed by atoms with Crippen LogP contribution in [0.15, 0.2) is 0 Å². The van der Waals surface area contributed by atoms with E-state index in [1.165, 1.54) is 0 Å². The average Bonchev–Trinajstić information content (AvgIpc) is 2.05. The van der Waals surface area contributed by atoms with Crippen molar-refractivity contribution in [3.8, 4) is 6.07 Å². The molecular formula is C7H10N2O2. The van der Waals surface area contributed by atoms with Gasteiger partial charge in [0.1, 0.15) is 6.04 Å². The van der Waals surface area contributed by atoms with Gasteiger partial charge >= 0.3 is 5.97 Å². The minimum atomic E-state index is -0.857. The molecule has 0 aromatic rings. The van der Waals surface area contributed by atoms with Crippen molar-refractivity contribution in [1.82, 2.24) is 5.32 Å². The van der Waals surface area contributed by atoms with Crippen LogP contribution in [-0.4, -0.2) is 23.2 Å². The third-order valence-electron chi connectivity index (χ3n) is 1.84. The number of nitrogens with one attached hydrogen (secondary N) is 1. The van der Waals surface area contributed by atoms with E-state index in [1.807, 2.05) is 6.07 Å². The second-order valence-corrected chi connectivity index (χ2v) is 2.67. The van der Waals surface area contributed by atoms with Crippen LogP contribution < -0.4 is 5.32 Å². The van der Waals surface area contributed by atoms with Crippen LogP contribution in [0.5, 0.6) is 0 Å². The summed E-state index contributed by atoms with van der Waals surface area (Å²) in [6, 6.07) is 1.22. The summed E-state index contributed by atoms with van der Waals surface area (Å²) in [5.41, 5.74) is 0. The maximum Gasteiger partial charge on any atom is 0.320 e. The number of hydrogen-bond donors (Lipinski definition) is 2. The first-order chi connectivity index (χ1) is 5.24. The van der Waals surface area contributed by atoms with Gasteiger partial charge in [-0.25, -0.2) is 0 Å². The summed E-state index contributed by atoms with van der Waals surface area (Å²) in [6.45, 7) is 0. The van der Waals surface area contributed by atoms with Crippen LogP contribution in [0.1, 0.15) is 19.3 Å². The Morgan fingerprint density at radius 3 is 2.91 bits per heavy atom. The maximum absolute atomic E-state index is 10.4. The molecule has 0 aromatic carbocycles. The molecule has 2 atom stereocenters. The van der Waals surface area contributed by atoms with E-state index in [2.05, 4.69) is 5.32 Å². The zero-order valence-electron chi connectivity index (χ0n) is 6.08. The molecule has 0 amide bonds. The Morgan fingerprint density at radius 2 is 2.36 bits per heavy atom. The molecule has 0 radical (unpaired) electrons. The smallest absolute Gasteiger partial charge is 0.320 e. The third-order valence-corrected chi connectivity index (χ3v) is 1.84. The fraction of sp³-hybridized carbons (Fsp3) is 0.714. The lowest BCUT2D eigenvalue weighted by Crippen LogP contribution is -2.45. The Kier molecular flexibility index (Phi) is 2.44. The molecule has 2 unspecified atom stereocenters. The van der Waals surface area contributed by atoms with Gasteiger partial charge < -0.3 is 5.11 Å². The van der Waals surface area contributed by atoms with E-state index in [0.717, 1.165) is 12.8 Å². The van der Waals surface area contributed by atoms with E-state index in [9.17, 15) is 4.79 Å². The molecule has 1 rings (SSSR count). The van der Waals surface area contributed by atoms with Gasteiger partial charge in [0.15, 0.2) is 0 Å². The molecule has 1 heterocycles. The van der Waals surface area contributed by atoms with Crippen molar-refractivity contribution < 1.29 is 9.90 Å². The summed E-state index contributed by atoms with van der Waals surface area (Å²) < 4.78 is 0. The van der Waals surface area contributed by atoms with Crippen molar-refractivity contribution in [2.75, 3.05) is 0 Å². The van der Waals surface area contributed by atoms with Crippen LogP contribution in [0, 0.1) is 11.3 Å². The molecule has 60 valence electrons. The Balaban J connectivity index is 2.47. The number of nitrogens with zero attached hydrogens (tertiary/aromatic N) is 1. The molecule has 4 heteroatoms. The van der Waals surface area contributed by atoms with Crippen molar-refractivity contribution in [2.24, 2.45) is 0 Å². The molecule has 0 spiro atoms. The van der Waals surface area contributed by atoms with Crippen molar-refractivity contribution in [3.05, 3.63) is 0 Å². The molecule has 1 aliphatic rings. The number of hydrogen-bond acceptors (Lipinski definition) is 3. The molecule has 1 aliphatic heterocycles. The molecule has 0 aromatic heterocycles. The molecule has 1 saturated heterocycles. The SMILES string of the molecule is N#CC1CCCC(C(=O)O)N1. The molecular weight excluding hydrogens is 144 g/mol. The fourth-order valence-corrected chi connectivity index (χ4v) is 1.23.